The van der Waals surface area contributed by atoms with E-state index in [9.17, 15) is 15.0 Å². The molecule has 0 aliphatic rings. The summed E-state index contributed by atoms with van der Waals surface area (Å²) in [5.74, 6) is -1.09. The van der Waals surface area contributed by atoms with Crippen molar-refractivity contribution in [3.05, 3.63) is 23.3 Å². The third-order valence-corrected chi connectivity index (χ3v) is 2.00. The lowest BCUT2D eigenvalue weighted by Crippen LogP contribution is -2.00. The Labute approximate surface area is 81.4 Å². The molecular weight excluding hydrogens is 184 g/mol. The molecule has 0 amide bonds. The molecule has 0 saturated carbocycles. The SMILES string of the molecule is CCc1cc(O)c(CC(=O)O)cc1O. The lowest BCUT2D eigenvalue weighted by molar-refractivity contribution is -0.136. The van der Waals surface area contributed by atoms with Gasteiger partial charge in [-0.15, -0.1) is 0 Å². The third kappa shape index (κ3) is 2.16. The zero-order valence-corrected chi connectivity index (χ0v) is 7.82. The van der Waals surface area contributed by atoms with Gasteiger partial charge in [0.25, 0.3) is 0 Å². The molecule has 0 heterocycles. The molecule has 0 bridgehead atoms. The van der Waals surface area contributed by atoms with Gasteiger partial charge in [-0.3, -0.25) is 4.79 Å². The number of carbonyl (C=O) groups is 1. The van der Waals surface area contributed by atoms with Crippen molar-refractivity contribution in [3.8, 4) is 11.5 Å². The summed E-state index contributed by atoms with van der Waals surface area (Å²) in [6.45, 7) is 1.84. The molecule has 0 radical (unpaired) electrons. The second kappa shape index (κ2) is 4.00. The average Bonchev–Trinajstić information content (AvgIpc) is 2.10. The molecule has 1 aromatic rings. The fraction of sp³-hybridized carbons (Fsp3) is 0.300. The minimum Gasteiger partial charge on any atom is -0.508 e. The number of hydrogen-bond acceptors (Lipinski definition) is 3. The maximum Gasteiger partial charge on any atom is 0.307 e. The van der Waals surface area contributed by atoms with Gasteiger partial charge >= 0.3 is 5.97 Å². The quantitative estimate of drug-likeness (QED) is 0.636. The van der Waals surface area contributed by atoms with Crippen molar-refractivity contribution in [3.63, 3.8) is 0 Å². The molecule has 4 heteroatoms. The monoisotopic (exact) mass is 196 g/mol. The van der Waals surface area contributed by atoms with Crippen molar-refractivity contribution in [2.24, 2.45) is 0 Å². The van der Waals surface area contributed by atoms with E-state index < -0.39 is 5.97 Å². The highest BCUT2D eigenvalue weighted by atomic mass is 16.4. The summed E-state index contributed by atoms with van der Waals surface area (Å²) in [7, 11) is 0. The van der Waals surface area contributed by atoms with Gasteiger partial charge in [0.15, 0.2) is 0 Å². The van der Waals surface area contributed by atoms with Crippen LogP contribution in [0.1, 0.15) is 18.1 Å². The number of phenols is 2. The van der Waals surface area contributed by atoms with Gasteiger partial charge in [0.1, 0.15) is 11.5 Å². The molecule has 0 saturated heterocycles. The van der Waals surface area contributed by atoms with E-state index >= 15 is 0 Å². The van der Waals surface area contributed by atoms with Crippen LogP contribution in [0.25, 0.3) is 0 Å². The van der Waals surface area contributed by atoms with Crippen molar-refractivity contribution in [1.29, 1.82) is 0 Å². The van der Waals surface area contributed by atoms with Crippen LogP contribution in [-0.2, 0) is 17.6 Å². The van der Waals surface area contributed by atoms with E-state index in [-0.39, 0.29) is 23.5 Å². The van der Waals surface area contributed by atoms with Gasteiger partial charge in [0.2, 0.25) is 0 Å². The highest BCUT2D eigenvalue weighted by Gasteiger charge is 2.10. The first-order valence-corrected chi connectivity index (χ1v) is 4.30. The largest absolute Gasteiger partial charge is 0.508 e. The summed E-state index contributed by atoms with van der Waals surface area (Å²) >= 11 is 0. The smallest absolute Gasteiger partial charge is 0.307 e. The summed E-state index contributed by atoms with van der Waals surface area (Å²) in [5.41, 5.74) is 0.837. The first kappa shape index (κ1) is 10.4. The Morgan fingerprint density at radius 2 is 1.71 bits per heavy atom. The van der Waals surface area contributed by atoms with Crippen molar-refractivity contribution >= 4 is 5.97 Å². The predicted molar refractivity (Wildman–Crippen MR) is 50.5 cm³/mol. The Kier molecular flexibility index (Phi) is 2.96. The van der Waals surface area contributed by atoms with Crippen LogP contribution >= 0.6 is 0 Å². The van der Waals surface area contributed by atoms with Crippen LogP contribution in [0, 0.1) is 0 Å². The number of benzene rings is 1. The van der Waals surface area contributed by atoms with Gasteiger partial charge in [-0.1, -0.05) is 6.92 Å². The Balaban J connectivity index is 3.08. The summed E-state index contributed by atoms with van der Waals surface area (Å²) in [6, 6.07) is 2.69. The summed E-state index contributed by atoms with van der Waals surface area (Å²) in [4.78, 5) is 10.4. The van der Waals surface area contributed by atoms with Gasteiger partial charge in [0, 0.05) is 5.56 Å². The fourth-order valence-electron chi connectivity index (χ4n) is 1.25. The van der Waals surface area contributed by atoms with Gasteiger partial charge in [0.05, 0.1) is 6.42 Å². The first-order chi connectivity index (χ1) is 6.54. The summed E-state index contributed by atoms with van der Waals surface area (Å²) in [5, 5.41) is 27.4. The first-order valence-electron chi connectivity index (χ1n) is 4.30. The summed E-state index contributed by atoms with van der Waals surface area (Å²) in [6.07, 6.45) is 0.302. The molecular formula is C10H12O4. The number of aliphatic carboxylic acids is 1. The molecule has 0 atom stereocenters. The Bertz CT molecular complexity index is 357. The van der Waals surface area contributed by atoms with Gasteiger partial charge in [-0.05, 0) is 24.1 Å². The molecule has 0 unspecified atom stereocenters. The number of hydrogen-bond donors (Lipinski definition) is 3. The standard InChI is InChI=1S/C10H12O4/c1-2-6-3-9(12)7(4-8(6)11)5-10(13)14/h3-4,11-12H,2,5H2,1H3,(H,13,14). The lowest BCUT2D eigenvalue weighted by Gasteiger charge is -2.06. The van der Waals surface area contributed by atoms with Crippen LogP contribution in [-0.4, -0.2) is 21.3 Å². The number of aromatic hydroxyl groups is 2. The van der Waals surface area contributed by atoms with Gasteiger partial charge in [-0.2, -0.15) is 0 Å². The van der Waals surface area contributed by atoms with Crippen LogP contribution in [0.4, 0.5) is 0 Å². The van der Waals surface area contributed by atoms with E-state index in [1.54, 1.807) is 0 Å². The molecule has 0 aliphatic carbocycles. The Morgan fingerprint density at radius 1 is 1.21 bits per heavy atom. The molecule has 0 spiro atoms. The number of phenolic OH excluding ortho intramolecular Hbond substituents is 2. The molecule has 76 valence electrons. The van der Waals surface area contributed by atoms with E-state index in [0.717, 1.165) is 0 Å². The molecule has 0 aliphatic heterocycles. The molecule has 1 rings (SSSR count). The fourth-order valence-corrected chi connectivity index (χ4v) is 1.25. The average molecular weight is 196 g/mol. The maximum absolute atomic E-state index is 10.4. The number of carboxylic acid groups (broad SMARTS) is 1. The van der Waals surface area contributed by atoms with Crippen molar-refractivity contribution in [2.45, 2.75) is 19.8 Å². The lowest BCUT2D eigenvalue weighted by atomic mass is 10.0. The molecule has 4 nitrogen and oxygen atoms in total. The number of rotatable bonds is 3. The third-order valence-electron chi connectivity index (χ3n) is 2.00. The zero-order valence-electron chi connectivity index (χ0n) is 7.82. The highest BCUT2D eigenvalue weighted by molar-refractivity contribution is 5.71. The second-order valence-corrected chi connectivity index (χ2v) is 3.03. The van der Waals surface area contributed by atoms with Crippen molar-refractivity contribution in [2.75, 3.05) is 0 Å². The Hall–Kier alpha value is -1.71. The van der Waals surface area contributed by atoms with E-state index in [1.165, 1.54) is 12.1 Å². The van der Waals surface area contributed by atoms with E-state index in [2.05, 4.69) is 0 Å². The van der Waals surface area contributed by atoms with Crippen LogP contribution in [0.3, 0.4) is 0 Å². The van der Waals surface area contributed by atoms with E-state index in [4.69, 9.17) is 5.11 Å². The molecule has 1 aromatic carbocycles. The van der Waals surface area contributed by atoms with Crippen LogP contribution < -0.4 is 0 Å². The van der Waals surface area contributed by atoms with Crippen LogP contribution in [0.5, 0.6) is 11.5 Å². The normalized spacial score (nSPS) is 10.1. The van der Waals surface area contributed by atoms with E-state index in [1.807, 2.05) is 6.92 Å². The molecule has 0 fully saturated rings. The molecule has 14 heavy (non-hydrogen) atoms. The highest BCUT2D eigenvalue weighted by Crippen LogP contribution is 2.27. The molecule has 0 aromatic heterocycles. The van der Waals surface area contributed by atoms with Crippen LogP contribution in [0.15, 0.2) is 12.1 Å². The maximum atomic E-state index is 10.4. The number of carboxylic acids is 1. The topological polar surface area (TPSA) is 77.8 Å². The number of aryl methyl sites for hydroxylation is 1. The van der Waals surface area contributed by atoms with Gasteiger partial charge in [-0.25, -0.2) is 0 Å². The predicted octanol–water partition coefficient (Wildman–Crippen LogP) is 1.29. The van der Waals surface area contributed by atoms with Gasteiger partial charge < -0.3 is 15.3 Å². The zero-order chi connectivity index (χ0) is 10.7. The minimum atomic E-state index is -1.04. The van der Waals surface area contributed by atoms with Crippen LogP contribution in [0.2, 0.25) is 0 Å². The minimum absolute atomic E-state index is 0.0292. The van der Waals surface area contributed by atoms with Crippen molar-refractivity contribution < 1.29 is 20.1 Å². The summed E-state index contributed by atoms with van der Waals surface area (Å²) < 4.78 is 0. The second-order valence-electron chi connectivity index (χ2n) is 3.03. The molecule has 3 N–H and O–H groups in total. The van der Waals surface area contributed by atoms with Crippen molar-refractivity contribution in [1.82, 2.24) is 0 Å². The van der Waals surface area contributed by atoms with E-state index in [0.29, 0.717) is 12.0 Å². The Morgan fingerprint density at radius 3 is 2.21 bits per heavy atom.